The number of hydrogen-bond acceptors (Lipinski definition) is 3. The van der Waals surface area contributed by atoms with Crippen LogP contribution in [-0.4, -0.2) is 16.5 Å². The fraction of sp³-hybridized carbons (Fsp3) is 0.714. The van der Waals surface area contributed by atoms with Crippen LogP contribution in [0.25, 0.3) is 0 Å². The molecule has 1 aromatic rings. The summed E-state index contributed by atoms with van der Waals surface area (Å²) in [4.78, 5) is 8.84. The van der Waals surface area contributed by atoms with E-state index in [0.717, 1.165) is 18.3 Å². The maximum absolute atomic E-state index is 4.42. The van der Waals surface area contributed by atoms with Gasteiger partial charge in [-0.15, -0.1) is 0 Å². The van der Waals surface area contributed by atoms with Crippen LogP contribution in [-0.2, 0) is 0 Å². The van der Waals surface area contributed by atoms with Gasteiger partial charge in [0.15, 0.2) is 0 Å². The van der Waals surface area contributed by atoms with Crippen LogP contribution in [0.15, 0.2) is 18.5 Å². The summed E-state index contributed by atoms with van der Waals surface area (Å²) in [5.41, 5.74) is 0. The van der Waals surface area contributed by atoms with Gasteiger partial charge < -0.3 is 5.32 Å². The Morgan fingerprint density at radius 2 is 1.88 bits per heavy atom. The summed E-state index contributed by atoms with van der Waals surface area (Å²) in [5, 5.41) is 3.56. The Kier molecular flexibility index (Phi) is 4.49. The summed E-state index contributed by atoms with van der Waals surface area (Å²) >= 11 is 0. The van der Waals surface area contributed by atoms with Gasteiger partial charge in [0, 0.05) is 12.4 Å². The van der Waals surface area contributed by atoms with Gasteiger partial charge in [-0.3, -0.25) is 0 Å². The Bertz CT molecular complexity index is 317. The van der Waals surface area contributed by atoms with E-state index < -0.39 is 0 Å². The molecule has 1 atom stereocenters. The van der Waals surface area contributed by atoms with Gasteiger partial charge in [-0.05, 0) is 37.3 Å². The molecule has 1 N–H and O–H groups in total. The summed E-state index contributed by atoms with van der Waals surface area (Å²) in [6.45, 7) is 5.49. The lowest BCUT2D eigenvalue weighted by molar-refractivity contribution is 0.227. The smallest absolute Gasteiger partial charge is 0.145 e. The molecule has 17 heavy (non-hydrogen) atoms. The highest BCUT2D eigenvalue weighted by molar-refractivity contribution is 4.99. The molecule has 0 aliphatic heterocycles. The van der Waals surface area contributed by atoms with Crippen LogP contribution in [0.3, 0.4) is 0 Å². The summed E-state index contributed by atoms with van der Waals surface area (Å²) < 4.78 is 0. The van der Waals surface area contributed by atoms with E-state index >= 15 is 0 Å². The second-order valence-electron chi connectivity index (χ2n) is 5.16. The fourth-order valence-corrected chi connectivity index (χ4v) is 2.78. The van der Waals surface area contributed by atoms with Crippen molar-refractivity contribution < 1.29 is 0 Å². The molecule has 0 saturated heterocycles. The van der Waals surface area contributed by atoms with E-state index in [9.17, 15) is 0 Å². The first-order chi connectivity index (χ1) is 8.31. The molecule has 1 aromatic heterocycles. The molecule has 0 radical (unpaired) electrons. The van der Waals surface area contributed by atoms with Crippen molar-refractivity contribution in [1.29, 1.82) is 0 Å². The second-order valence-corrected chi connectivity index (χ2v) is 5.16. The molecule has 0 aromatic carbocycles. The highest BCUT2D eigenvalue weighted by Crippen LogP contribution is 2.35. The maximum Gasteiger partial charge on any atom is 0.145 e. The monoisotopic (exact) mass is 233 g/mol. The minimum atomic E-state index is 0.341. The first kappa shape index (κ1) is 12.5. The zero-order valence-corrected chi connectivity index (χ0v) is 10.9. The lowest BCUT2D eigenvalue weighted by Crippen LogP contribution is -2.32. The standard InChI is InChI=1S/C14H23N3/c1-3-15-13(14-16-9-4-10-17-14)12-7-5-11(2)6-8-12/h4,9-13,15H,3,5-8H2,1-2H3. The minimum Gasteiger partial charge on any atom is -0.307 e. The van der Waals surface area contributed by atoms with Gasteiger partial charge in [0.1, 0.15) is 5.82 Å². The highest BCUT2D eigenvalue weighted by Gasteiger charge is 2.28. The average Bonchev–Trinajstić information content (AvgIpc) is 2.38. The summed E-state index contributed by atoms with van der Waals surface area (Å²) in [6, 6.07) is 2.23. The highest BCUT2D eigenvalue weighted by atomic mass is 15.0. The van der Waals surface area contributed by atoms with Gasteiger partial charge >= 0.3 is 0 Å². The quantitative estimate of drug-likeness (QED) is 0.869. The third kappa shape index (κ3) is 3.25. The van der Waals surface area contributed by atoms with E-state index in [4.69, 9.17) is 0 Å². The van der Waals surface area contributed by atoms with Crippen molar-refractivity contribution in [2.24, 2.45) is 11.8 Å². The molecule has 1 saturated carbocycles. The number of rotatable bonds is 4. The van der Waals surface area contributed by atoms with Crippen molar-refractivity contribution in [3.05, 3.63) is 24.3 Å². The number of nitrogens with one attached hydrogen (secondary N) is 1. The summed E-state index contributed by atoms with van der Waals surface area (Å²) in [5.74, 6) is 2.56. The molecular weight excluding hydrogens is 210 g/mol. The van der Waals surface area contributed by atoms with Crippen molar-refractivity contribution in [2.75, 3.05) is 6.54 Å². The van der Waals surface area contributed by atoms with Gasteiger partial charge in [0.2, 0.25) is 0 Å². The van der Waals surface area contributed by atoms with Crippen molar-refractivity contribution in [3.8, 4) is 0 Å². The van der Waals surface area contributed by atoms with Gasteiger partial charge in [0.05, 0.1) is 6.04 Å². The Labute approximate surface area is 104 Å². The molecule has 1 aliphatic carbocycles. The lowest BCUT2D eigenvalue weighted by Gasteiger charge is -2.32. The first-order valence-corrected chi connectivity index (χ1v) is 6.81. The maximum atomic E-state index is 4.42. The molecule has 0 bridgehead atoms. The Morgan fingerprint density at radius 3 is 2.47 bits per heavy atom. The van der Waals surface area contributed by atoms with E-state index in [-0.39, 0.29) is 0 Å². The topological polar surface area (TPSA) is 37.8 Å². The minimum absolute atomic E-state index is 0.341. The molecule has 94 valence electrons. The van der Waals surface area contributed by atoms with Crippen LogP contribution in [0.1, 0.15) is 51.4 Å². The number of aromatic nitrogens is 2. The van der Waals surface area contributed by atoms with Crippen LogP contribution in [0.4, 0.5) is 0 Å². The Hall–Kier alpha value is -0.960. The van der Waals surface area contributed by atoms with Crippen molar-refractivity contribution >= 4 is 0 Å². The van der Waals surface area contributed by atoms with E-state index in [1.165, 1.54) is 25.7 Å². The first-order valence-electron chi connectivity index (χ1n) is 6.81. The van der Waals surface area contributed by atoms with Gasteiger partial charge in [-0.2, -0.15) is 0 Å². The van der Waals surface area contributed by atoms with Crippen LogP contribution in [0, 0.1) is 11.8 Å². The molecule has 3 nitrogen and oxygen atoms in total. The molecule has 0 amide bonds. The predicted molar refractivity (Wildman–Crippen MR) is 69.6 cm³/mol. The van der Waals surface area contributed by atoms with Crippen LogP contribution in [0.2, 0.25) is 0 Å². The van der Waals surface area contributed by atoms with Gasteiger partial charge in [-0.1, -0.05) is 26.7 Å². The molecule has 3 heteroatoms. The fourth-order valence-electron chi connectivity index (χ4n) is 2.78. The normalized spacial score (nSPS) is 26.7. The van der Waals surface area contributed by atoms with E-state index in [1.54, 1.807) is 0 Å². The molecule has 1 fully saturated rings. The Balaban J connectivity index is 2.07. The predicted octanol–water partition coefficient (Wildman–Crippen LogP) is 2.95. The zero-order chi connectivity index (χ0) is 12.1. The van der Waals surface area contributed by atoms with Crippen molar-refractivity contribution in [1.82, 2.24) is 15.3 Å². The average molecular weight is 233 g/mol. The molecular formula is C14H23N3. The zero-order valence-electron chi connectivity index (χ0n) is 10.9. The van der Waals surface area contributed by atoms with E-state index in [0.29, 0.717) is 12.0 Å². The molecule has 2 rings (SSSR count). The number of nitrogens with zero attached hydrogens (tertiary/aromatic N) is 2. The van der Waals surface area contributed by atoms with Crippen molar-refractivity contribution in [3.63, 3.8) is 0 Å². The number of hydrogen-bond donors (Lipinski definition) is 1. The summed E-state index contributed by atoms with van der Waals surface area (Å²) in [6.07, 6.45) is 8.99. The SMILES string of the molecule is CCNC(c1ncccn1)C1CCC(C)CC1. The second kappa shape index (κ2) is 6.10. The van der Waals surface area contributed by atoms with Crippen LogP contribution < -0.4 is 5.32 Å². The van der Waals surface area contributed by atoms with Gasteiger partial charge in [0.25, 0.3) is 0 Å². The lowest BCUT2D eigenvalue weighted by atomic mass is 9.79. The third-order valence-electron chi connectivity index (χ3n) is 3.82. The third-order valence-corrected chi connectivity index (χ3v) is 3.82. The summed E-state index contributed by atoms with van der Waals surface area (Å²) in [7, 11) is 0. The molecule has 1 aliphatic rings. The largest absolute Gasteiger partial charge is 0.307 e. The van der Waals surface area contributed by atoms with E-state index in [1.807, 2.05) is 18.5 Å². The molecule has 0 spiro atoms. The molecule has 1 heterocycles. The Morgan fingerprint density at radius 1 is 1.24 bits per heavy atom. The molecule has 1 unspecified atom stereocenters. The van der Waals surface area contributed by atoms with Crippen LogP contribution >= 0.6 is 0 Å². The van der Waals surface area contributed by atoms with Gasteiger partial charge in [-0.25, -0.2) is 9.97 Å². The van der Waals surface area contributed by atoms with Crippen LogP contribution in [0.5, 0.6) is 0 Å². The van der Waals surface area contributed by atoms with E-state index in [2.05, 4.69) is 29.1 Å². The van der Waals surface area contributed by atoms with Crippen molar-refractivity contribution in [2.45, 2.75) is 45.6 Å².